The first-order valence-electron chi connectivity index (χ1n) is 8.59. The Hall–Kier alpha value is -1.85. The molecule has 0 unspecified atom stereocenters. The Kier molecular flexibility index (Phi) is 4.06. The zero-order valence-corrected chi connectivity index (χ0v) is 14.5. The van der Waals surface area contributed by atoms with Gasteiger partial charge in [0.1, 0.15) is 0 Å². The molecule has 1 aliphatic heterocycles. The van der Waals surface area contributed by atoms with E-state index in [4.69, 9.17) is 5.73 Å². The minimum absolute atomic E-state index is 0.285. The van der Waals surface area contributed by atoms with Crippen LogP contribution in [0, 0.1) is 5.92 Å². The number of para-hydroxylation sites is 1. The Morgan fingerprint density at radius 1 is 1.12 bits per heavy atom. The lowest BCUT2D eigenvalue weighted by atomic mass is 9.98. The van der Waals surface area contributed by atoms with E-state index in [1.165, 1.54) is 10.6 Å². The largest absolute Gasteiger partial charge is 0.368 e. The van der Waals surface area contributed by atoms with E-state index in [1.54, 1.807) is 11.3 Å². The first-order valence-corrected chi connectivity index (χ1v) is 9.47. The van der Waals surface area contributed by atoms with Crippen molar-refractivity contribution in [2.24, 2.45) is 11.7 Å². The second kappa shape index (κ2) is 6.22. The van der Waals surface area contributed by atoms with Crippen molar-refractivity contribution in [1.82, 2.24) is 4.90 Å². The number of nitrogens with zero attached hydrogens (tertiary/aromatic N) is 2. The van der Waals surface area contributed by atoms with Gasteiger partial charge in [-0.05, 0) is 42.5 Å². The van der Waals surface area contributed by atoms with Crippen molar-refractivity contribution in [1.29, 1.82) is 0 Å². The third kappa shape index (κ3) is 2.52. The highest BCUT2D eigenvalue weighted by molar-refractivity contribution is 7.10. The number of rotatable bonds is 4. The maximum Gasteiger partial charge on any atom is 0.234 e. The molecule has 1 saturated heterocycles. The number of nitrogens with two attached hydrogens (primary N) is 1. The van der Waals surface area contributed by atoms with Crippen LogP contribution in [0.4, 0.5) is 5.69 Å². The third-order valence-electron chi connectivity index (χ3n) is 5.42. The summed E-state index contributed by atoms with van der Waals surface area (Å²) in [5.74, 6) is 0.587. The molecule has 1 aromatic heterocycles. The molecular weight excluding hydrogens is 318 g/mol. The van der Waals surface area contributed by atoms with Gasteiger partial charge < -0.3 is 15.5 Å². The smallest absolute Gasteiger partial charge is 0.234 e. The van der Waals surface area contributed by atoms with Gasteiger partial charge in [-0.2, -0.15) is 0 Å². The molecule has 0 spiro atoms. The molecule has 126 valence electrons. The first kappa shape index (κ1) is 15.7. The molecule has 2 fully saturated rings. The molecule has 2 N–H and O–H groups in total. The van der Waals surface area contributed by atoms with Crippen molar-refractivity contribution in [3.05, 3.63) is 52.7 Å². The molecule has 1 aliphatic carbocycles. The van der Waals surface area contributed by atoms with Gasteiger partial charge in [0, 0.05) is 36.7 Å². The van der Waals surface area contributed by atoms with Gasteiger partial charge in [-0.3, -0.25) is 4.79 Å². The molecule has 4 nitrogen and oxygen atoms in total. The number of piperazine rings is 1. The minimum Gasteiger partial charge on any atom is -0.368 e. The fraction of sp³-hybridized carbons (Fsp3) is 0.421. The second-order valence-corrected chi connectivity index (χ2v) is 7.65. The van der Waals surface area contributed by atoms with Crippen LogP contribution < -0.4 is 10.6 Å². The number of benzene rings is 1. The topological polar surface area (TPSA) is 49.6 Å². The molecule has 2 aromatic rings. The Bertz CT molecular complexity index is 695. The van der Waals surface area contributed by atoms with Gasteiger partial charge >= 0.3 is 0 Å². The zero-order chi connectivity index (χ0) is 16.6. The average Bonchev–Trinajstić information content (AvgIpc) is 3.14. The molecule has 5 heteroatoms. The lowest BCUT2D eigenvalue weighted by Gasteiger charge is -2.38. The van der Waals surface area contributed by atoms with Gasteiger partial charge in [0.15, 0.2) is 0 Å². The molecule has 2 aliphatic rings. The zero-order valence-electron chi connectivity index (χ0n) is 13.7. The molecule has 4 rings (SSSR count). The van der Waals surface area contributed by atoms with Crippen molar-refractivity contribution in [3.63, 3.8) is 0 Å². The normalized spacial score (nSPS) is 26.5. The fourth-order valence-electron chi connectivity index (χ4n) is 3.90. The number of amides is 1. The van der Waals surface area contributed by atoms with Crippen LogP contribution >= 0.6 is 11.3 Å². The highest BCUT2D eigenvalue weighted by atomic mass is 32.1. The standard InChI is InChI=1S/C19H23N3OS/c20-14-15-13-19(15,17-7-4-12-24-17)18(23)22-10-8-21(9-11-22)16-5-2-1-3-6-16/h1-7,12,15H,8-11,13-14,20H2/t15-,19-/m0/s1. The monoisotopic (exact) mass is 341 g/mol. The number of carbonyl (C=O) groups is 1. The van der Waals surface area contributed by atoms with Crippen LogP contribution in [0.15, 0.2) is 47.8 Å². The summed E-state index contributed by atoms with van der Waals surface area (Å²) >= 11 is 1.69. The van der Waals surface area contributed by atoms with E-state index in [0.29, 0.717) is 12.5 Å². The van der Waals surface area contributed by atoms with Crippen molar-refractivity contribution in [3.8, 4) is 0 Å². The van der Waals surface area contributed by atoms with E-state index >= 15 is 0 Å². The summed E-state index contributed by atoms with van der Waals surface area (Å²) in [5, 5.41) is 2.06. The van der Waals surface area contributed by atoms with Gasteiger partial charge in [0.25, 0.3) is 0 Å². The van der Waals surface area contributed by atoms with Crippen LogP contribution in [-0.2, 0) is 10.2 Å². The van der Waals surface area contributed by atoms with E-state index in [9.17, 15) is 4.79 Å². The highest BCUT2D eigenvalue weighted by Gasteiger charge is 2.62. The third-order valence-corrected chi connectivity index (χ3v) is 6.47. The summed E-state index contributed by atoms with van der Waals surface area (Å²) in [6, 6.07) is 14.6. The van der Waals surface area contributed by atoms with E-state index in [0.717, 1.165) is 32.6 Å². The number of anilines is 1. The summed E-state index contributed by atoms with van der Waals surface area (Å²) in [5.41, 5.74) is 6.81. The SMILES string of the molecule is NC[C@@H]1C[C@@]1(C(=O)N1CCN(c2ccccc2)CC1)c1cccs1. The number of thiophene rings is 1. The predicted molar refractivity (Wildman–Crippen MR) is 98.4 cm³/mol. The maximum absolute atomic E-state index is 13.3. The van der Waals surface area contributed by atoms with E-state index in [1.807, 2.05) is 12.1 Å². The molecule has 1 amide bonds. The Labute approximate surface area is 146 Å². The molecule has 1 aromatic carbocycles. The van der Waals surface area contributed by atoms with E-state index < -0.39 is 0 Å². The van der Waals surface area contributed by atoms with Crippen molar-refractivity contribution >= 4 is 22.9 Å². The van der Waals surface area contributed by atoms with Gasteiger partial charge in [-0.1, -0.05) is 24.3 Å². The lowest BCUT2D eigenvalue weighted by Crippen LogP contribution is -2.52. The number of hydrogen-bond acceptors (Lipinski definition) is 4. The molecule has 2 heterocycles. The quantitative estimate of drug-likeness (QED) is 0.928. The van der Waals surface area contributed by atoms with Crippen LogP contribution in [0.1, 0.15) is 11.3 Å². The summed E-state index contributed by atoms with van der Waals surface area (Å²) in [6.07, 6.45) is 0.905. The molecular formula is C19H23N3OS. The van der Waals surface area contributed by atoms with Crippen LogP contribution in [0.3, 0.4) is 0 Å². The van der Waals surface area contributed by atoms with Gasteiger partial charge in [0.05, 0.1) is 5.41 Å². The lowest BCUT2D eigenvalue weighted by molar-refractivity contribution is -0.134. The summed E-state index contributed by atoms with van der Waals surface area (Å²) < 4.78 is 0. The summed E-state index contributed by atoms with van der Waals surface area (Å²) in [4.78, 5) is 18.8. The average molecular weight is 341 g/mol. The predicted octanol–water partition coefficient (Wildman–Crippen LogP) is 2.31. The maximum atomic E-state index is 13.3. The highest BCUT2D eigenvalue weighted by Crippen LogP contribution is 2.56. The number of hydrogen-bond donors (Lipinski definition) is 1. The molecule has 24 heavy (non-hydrogen) atoms. The van der Waals surface area contributed by atoms with Gasteiger partial charge in [-0.25, -0.2) is 0 Å². The van der Waals surface area contributed by atoms with Crippen molar-refractivity contribution in [2.75, 3.05) is 37.6 Å². The molecule has 0 bridgehead atoms. The van der Waals surface area contributed by atoms with Crippen LogP contribution in [0.25, 0.3) is 0 Å². The Balaban J connectivity index is 1.46. The van der Waals surface area contributed by atoms with E-state index in [2.05, 4.69) is 45.5 Å². The first-order chi connectivity index (χ1) is 11.8. The van der Waals surface area contributed by atoms with Gasteiger partial charge in [-0.15, -0.1) is 11.3 Å². The fourth-order valence-corrected chi connectivity index (χ4v) is 4.91. The van der Waals surface area contributed by atoms with Gasteiger partial charge in [0.2, 0.25) is 5.91 Å². The summed E-state index contributed by atoms with van der Waals surface area (Å²) in [6.45, 7) is 3.96. The van der Waals surface area contributed by atoms with Crippen LogP contribution in [0.2, 0.25) is 0 Å². The second-order valence-electron chi connectivity index (χ2n) is 6.70. The van der Waals surface area contributed by atoms with Crippen LogP contribution in [-0.4, -0.2) is 43.5 Å². The molecule has 2 atom stereocenters. The molecule has 0 radical (unpaired) electrons. The Morgan fingerprint density at radius 3 is 2.46 bits per heavy atom. The Morgan fingerprint density at radius 2 is 1.88 bits per heavy atom. The van der Waals surface area contributed by atoms with Crippen LogP contribution in [0.5, 0.6) is 0 Å². The number of carbonyl (C=O) groups excluding carboxylic acids is 1. The summed E-state index contributed by atoms with van der Waals surface area (Å²) in [7, 11) is 0. The van der Waals surface area contributed by atoms with Crippen molar-refractivity contribution < 1.29 is 4.79 Å². The van der Waals surface area contributed by atoms with Crippen molar-refractivity contribution in [2.45, 2.75) is 11.8 Å². The minimum atomic E-state index is -0.335. The van der Waals surface area contributed by atoms with E-state index in [-0.39, 0.29) is 11.3 Å². The molecule has 1 saturated carbocycles.